The molecule has 0 aromatic carbocycles. The SMILES string of the molecule is CCSc1c(O)cc(C)oc1=O. The second kappa shape index (κ2) is 3.67. The lowest BCUT2D eigenvalue weighted by Gasteiger charge is -2.00. The molecule has 1 aromatic heterocycles. The first-order chi connectivity index (χ1) is 5.65. The Bertz CT molecular complexity index is 330. The second-order valence-corrected chi connectivity index (χ2v) is 3.57. The minimum absolute atomic E-state index is 0.00981. The molecule has 12 heavy (non-hydrogen) atoms. The zero-order valence-corrected chi connectivity index (χ0v) is 7.77. The van der Waals surface area contributed by atoms with E-state index in [1.807, 2.05) is 6.92 Å². The number of aromatic hydroxyl groups is 1. The summed E-state index contributed by atoms with van der Waals surface area (Å²) < 4.78 is 4.81. The Labute approximate surface area is 74.4 Å². The van der Waals surface area contributed by atoms with Crippen molar-refractivity contribution in [3.63, 3.8) is 0 Å². The quantitative estimate of drug-likeness (QED) is 0.715. The average Bonchev–Trinajstić information content (AvgIpc) is 1.96. The van der Waals surface area contributed by atoms with Gasteiger partial charge in [0, 0.05) is 6.07 Å². The maximum Gasteiger partial charge on any atom is 0.353 e. The van der Waals surface area contributed by atoms with Crippen LogP contribution in [0.4, 0.5) is 0 Å². The van der Waals surface area contributed by atoms with Crippen molar-refractivity contribution >= 4 is 11.8 Å². The van der Waals surface area contributed by atoms with E-state index in [-0.39, 0.29) is 5.75 Å². The summed E-state index contributed by atoms with van der Waals surface area (Å²) in [5.74, 6) is 1.18. The number of hydrogen-bond donors (Lipinski definition) is 1. The van der Waals surface area contributed by atoms with Gasteiger partial charge in [0.1, 0.15) is 16.4 Å². The highest BCUT2D eigenvalue weighted by molar-refractivity contribution is 7.99. The normalized spacial score (nSPS) is 10.2. The molecule has 1 rings (SSSR count). The van der Waals surface area contributed by atoms with Gasteiger partial charge in [-0.05, 0) is 12.7 Å². The molecular weight excluding hydrogens is 176 g/mol. The summed E-state index contributed by atoms with van der Waals surface area (Å²) in [6.07, 6.45) is 0. The van der Waals surface area contributed by atoms with Crippen LogP contribution < -0.4 is 5.63 Å². The topological polar surface area (TPSA) is 50.4 Å². The Morgan fingerprint density at radius 1 is 1.67 bits per heavy atom. The molecular formula is C8H10O3S. The van der Waals surface area contributed by atoms with E-state index in [1.54, 1.807) is 6.92 Å². The van der Waals surface area contributed by atoms with Crippen LogP contribution in [0.1, 0.15) is 12.7 Å². The van der Waals surface area contributed by atoms with Crippen molar-refractivity contribution in [2.45, 2.75) is 18.7 Å². The van der Waals surface area contributed by atoms with Crippen molar-refractivity contribution in [2.24, 2.45) is 0 Å². The third-order valence-electron chi connectivity index (χ3n) is 1.30. The van der Waals surface area contributed by atoms with Gasteiger partial charge < -0.3 is 9.52 Å². The zero-order valence-electron chi connectivity index (χ0n) is 6.96. The van der Waals surface area contributed by atoms with Gasteiger partial charge >= 0.3 is 5.63 Å². The predicted octanol–water partition coefficient (Wildman–Crippen LogP) is 1.77. The van der Waals surface area contributed by atoms with Crippen LogP contribution in [-0.4, -0.2) is 10.9 Å². The van der Waals surface area contributed by atoms with Gasteiger partial charge in [0.05, 0.1) is 0 Å². The molecule has 0 spiro atoms. The standard InChI is InChI=1S/C8H10O3S/c1-3-12-7-6(9)4-5(2)11-8(7)10/h4,9H,3H2,1-2H3. The van der Waals surface area contributed by atoms with Gasteiger partial charge in [-0.25, -0.2) is 4.79 Å². The molecule has 0 radical (unpaired) electrons. The summed E-state index contributed by atoms with van der Waals surface area (Å²) in [4.78, 5) is 11.4. The van der Waals surface area contributed by atoms with Crippen LogP contribution in [0.25, 0.3) is 0 Å². The Balaban J connectivity index is 3.19. The smallest absolute Gasteiger partial charge is 0.353 e. The van der Waals surface area contributed by atoms with Crippen LogP contribution in [0, 0.1) is 6.92 Å². The number of rotatable bonds is 2. The number of hydrogen-bond acceptors (Lipinski definition) is 4. The van der Waals surface area contributed by atoms with Crippen LogP contribution in [0.5, 0.6) is 5.75 Å². The first-order valence-corrected chi connectivity index (χ1v) is 4.60. The fourth-order valence-corrected chi connectivity index (χ4v) is 1.52. The molecule has 66 valence electrons. The van der Waals surface area contributed by atoms with E-state index in [0.717, 1.165) is 5.75 Å². The maximum absolute atomic E-state index is 11.1. The molecule has 0 saturated heterocycles. The molecule has 0 unspecified atom stereocenters. The molecule has 1 N–H and O–H groups in total. The highest BCUT2D eigenvalue weighted by Gasteiger charge is 2.08. The minimum atomic E-state index is -0.459. The molecule has 0 saturated carbocycles. The van der Waals surface area contributed by atoms with E-state index in [4.69, 9.17) is 4.42 Å². The summed E-state index contributed by atoms with van der Waals surface area (Å²) in [5, 5.41) is 9.32. The largest absolute Gasteiger partial charge is 0.506 e. The molecule has 0 aliphatic heterocycles. The Morgan fingerprint density at radius 2 is 2.33 bits per heavy atom. The molecule has 1 heterocycles. The van der Waals surface area contributed by atoms with Gasteiger partial charge in [0.25, 0.3) is 0 Å². The maximum atomic E-state index is 11.1. The second-order valence-electron chi connectivity index (χ2n) is 2.29. The van der Waals surface area contributed by atoms with Gasteiger partial charge in [-0.2, -0.15) is 0 Å². The highest BCUT2D eigenvalue weighted by Crippen LogP contribution is 2.24. The van der Waals surface area contributed by atoms with Crippen molar-refractivity contribution in [2.75, 3.05) is 5.75 Å². The number of thioether (sulfide) groups is 1. The van der Waals surface area contributed by atoms with Gasteiger partial charge in [0.2, 0.25) is 0 Å². The van der Waals surface area contributed by atoms with Crippen molar-refractivity contribution in [3.8, 4) is 5.75 Å². The fraction of sp³-hybridized carbons (Fsp3) is 0.375. The molecule has 0 atom stereocenters. The van der Waals surface area contributed by atoms with E-state index in [9.17, 15) is 9.90 Å². The molecule has 0 aliphatic carbocycles. The van der Waals surface area contributed by atoms with E-state index in [1.165, 1.54) is 17.8 Å². The van der Waals surface area contributed by atoms with Crippen molar-refractivity contribution in [1.29, 1.82) is 0 Å². The van der Waals surface area contributed by atoms with E-state index in [2.05, 4.69) is 0 Å². The van der Waals surface area contributed by atoms with Crippen molar-refractivity contribution < 1.29 is 9.52 Å². The molecule has 0 fully saturated rings. The van der Waals surface area contributed by atoms with Crippen molar-refractivity contribution in [3.05, 3.63) is 22.2 Å². The van der Waals surface area contributed by atoms with Crippen molar-refractivity contribution in [1.82, 2.24) is 0 Å². The predicted molar refractivity (Wildman–Crippen MR) is 47.8 cm³/mol. The van der Waals surface area contributed by atoms with Gasteiger partial charge in [0.15, 0.2) is 0 Å². The molecule has 0 bridgehead atoms. The van der Waals surface area contributed by atoms with Crippen LogP contribution in [-0.2, 0) is 0 Å². The summed E-state index contributed by atoms with van der Waals surface area (Å²) in [6.45, 7) is 3.53. The van der Waals surface area contributed by atoms with Gasteiger partial charge in [-0.3, -0.25) is 0 Å². The molecule has 1 aromatic rings. The summed E-state index contributed by atoms with van der Waals surface area (Å²) in [7, 11) is 0. The lowest BCUT2D eigenvalue weighted by molar-refractivity contribution is 0.412. The summed E-state index contributed by atoms with van der Waals surface area (Å²) in [5.41, 5.74) is -0.459. The molecule has 0 amide bonds. The average molecular weight is 186 g/mol. The van der Waals surface area contributed by atoms with E-state index < -0.39 is 5.63 Å². The molecule has 4 heteroatoms. The van der Waals surface area contributed by atoms with Crippen LogP contribution in [0.3, 0.4) is 0 Å². The Kier molecular flexibility index (Phi) is 2.81. The molecule has 3 nitrogen and oxygen atoms in total. The Hall–Kier alpha value is -0.900. The fourth-order valence-electron chi connectivity index (χ4n) is 0.862. The number of aryl methyl sites for hydroxylation is 1. The Morgan fingerprint density at radius 3 is 2.83 bits per heavy atom. The zero-order chi connectivity index (χ0) is 9.14. The van der Waals surface area contributed by atoms with Gasteiger partial charge in [-0.15, -0.1) is 11.8 Å². The first-order valence-electron chi connectivity index (χ1n) is 3.61. The molecule has 0 aliphatic rings. The first kappa shape index (κ1) is 9.19. The highest BCUT2D eigenvalue weighted by atomic mass is 32.2. The monoisotopic (exact) mass is 186 g/mol. The minimum Gasteiger partial charge on any atom is -0.506 e. The van der Waals surface area contributed by atoms with Gasteiger partial charge in [-0.1, -0.05) is 6.92 Å². The summed E-state index contributed by atoms with van der Waals surface area (Å²) in [6, 6.07) is 1.44. The van der Waals surface area contributed by atoms with Crippen LogP contribution in [0.2, 0.25) is 0 Å². The van der Waals surface area contributed by atoms with Crippen LogP contribution >= 0.6 is 11.8 Å². The third kappa shape index (κ3) is 1.82. The van der Waals surface area contributed by atoms with E-state index >= 15 is 0 Å². The third-order valence-corrected chi connectivity index (χ3v) is 2.25. The summed E-state index contributed by atoms with van der Waals surface area (Å²) >= 11 is 1.28. The lowest BCUT2D eigenvalue weighted by atomic mass is 10.4. The van der Waals surface area contributed by atoms with E-state index in [0.29, 0.717) is 10.7 Å². The van der Waals surface area contributed by atoms with Crippen LogP contribution in [0.15, 0.2) is 20.2 Å². The lowest BCUT2D eigenvalue weighted by Crippen LogP contribution is -2.02.